The zero-order valence-electron chi connectivity index (χ0n) is 23.3. The number of aliphatic hydroxyl groups excluding tert-OH is 1. The molecule has 2 aromatic carbocycles. The van der Waals surface area contributed by atoms with E-state index < -0.39 is 73.5 Å². The standard InChI is InChI=1S/C30H24F7N3O5/c1-44-22-8-17(6-16-7-20(34)21(10-41)39-24(16)22)27(42)38-13-29(43,30(35,36)37)23-9-19-26(45-14-28(19,11-31)12-32)25(40-23)15-2-4-18(33)5-3-15/h2-9,41,43H,10-14H2,1H3,(H,38,42). The van der Waals surface area contributed by atoms with Gasteiger partial charge in [-0.05, 0) is 48.5 Å². The van der Waals surface area contributed by atoms with Crippen LogP contribution in [0.2, 0.25) is 0 Å². The number of hydrogen-bond acceptors (Lipinski definition) is 7. The van der Waals surface area contributed by atoms with E-state index in [1.54, 1.807) is 0 Å². The molecular weight excluding hydrogens is 615 g/mol. The van der Waals surface area contributed by atoms with Gasteiger partial charge in [0.15, 0.2) is 0 Å². The van der Waals surface area contributed by atoms with Crippen molar-refractivity contribution in [1.82, 2.24) is 15.3 Å². The van der Waals surface area contributed by atoms with Crippen LogP contribution >= 0.6 is 0 Å². The molecule has 4 aromatic rings. The number of methoxy groups -OCH3 is 1. The number of ether oxygens (including phenoxy) is 2. The molecule has 3 N–H and O–H groups in total. The van der Waals surface area contributed by atoms with Crippen LogP contribution in [0.25, 0.3) is 22.2 Å². The van der Waals surface area contributed by atoms with Crippen molar-refractivity contribution in [3.8, 4) is 22.8 Å². The topological polar surface area (TPSA) is 114 Å². The minimum Gasteiger partial charge on any atom is -0.494 e. The Hall–Kier alpha value is -4.50. The monoisotopic (exact) mass is 639 g/mol. The Balaban J connectivity index is 1.58. The molecule has 1 amide bonds. The number of carbonyl (C=O) groups excluding carboxylic acids is 1. The molecule has 45 heavy (non-hydrogen) atoms. The van der Waals surface area contributed by atoms with Crippen LogP contribution in [-0.4, -0.2) is 65.9 Å². The number of nitrogens with one attached hydrogen (secondary N) is 1. The van der Waals surface area contributed by atoms with Gasteiger partial charge in [0.05, 0.1) is 31.4 Å². The summed E-state index contributed by atoms with van der Waals surface area (Å²) in [6.07, 6.45) is -5.50. The Morgan fingerprint density at radius 3 is 2.36 bits per heavy atom. The Morgan fingerprint density at radius 2 is 1.76 bits per heavy atom. The Labute approximate surface area is 250 Å². The third-order valence-corrected chi connectivity index (χ3v) is 7.60. The molecule has 0 saturated heterocycles. The SMILES string of the molecule is COc1cc(C(=O)NCC(O)(c2cc3c(c(-c4ccc(F)cc4)n2)OCC3(CF)CF)C(F)(F)F)cc2cc(F)c(CO)nc12. The van der Waals surface area contributed by atoms with Gasteiger partial charge >= 0.3 is 6.18 Å². The molecule has 1 aliphatic heterocycles. The van der Waals surface area contributed by atoms with Crippen molar-refractivity contribution in [2.45, 2.75) is 23.8 Å². The summed E-state index contributed by atoms with van der Waals surface area (Å²) in [7, 11) is 1.21. The van der Waals surface area contributed by atoms with Crippen LogP contribution in [0, 0.1) is 11.6 Å². The highest BCUT2D eigenvalue weighted by Gasteiger charge is 2.57. The summed E-state index contributed by atoms with van der Waals surface area (Å²) in [5, 5.41) is 22.5. The largest absolute Gasteiger partial charge is 0.494 e. The van der Waals surface area contributed by atoms with E-state index in [0.29, 0.717) is 6.07 Å². The van der Waals surface area contributed by atoms with Crippen LogP contribution in [-0.2, 0) is 17.6 Å². The minimum absolute atomic E-state index is 0.0262. The van der Waals surface area contributed by atoms with Gasteiger partial charge in [0.2, 0.25) is 5.60 Å². The molecule has 1 unspecified atom stereocenters. The van der Waals surface area contributed by atoms with E-state index in [9.17, 15) is 45.7 Å². The van der Waals surface area contributed by atoms with Gasteiger partial charge in [-0.15, -0.1) is 0 Å². The number of fused-ring (bicyclic) bond motifs is 2. The van der Waals surface area contributed by atoms with Crippen molar-refractivity contribution in [1.29, 1.82) is 0 Å². The van der Waals surface area contributed by atoms with Crippen molar-refractivity contribution in [2.75, 3.05) is 33.6 Å². The molecule has 0 radical (unpaired) electrons. The van der Waals surface area contributed by atoms with E-state index >= 15 is 0 Å². The van der Waals surface area contributed by atoms with Gasteiger partial charge < -0.3 is 25.0 Å². The first-order valence-electron chi connectivity index (χ1n) is 13.2. The molecular formula is C30H24F7N3O5. The normalized spacial score (nSPS) is 15.3. The Kier molecular flexibility index (Phi) is 8.35. The second-order valence-corrected chi connectivity index (χ2v) is 10.4. The highest BCUT2D eigenvalue weighted by atomic mass is 19.4. The number of aromatic nitrogens is 2. The number of nitrogens with zero attached hydrogens (tertiary/aromatic N) is 2. The summed E-state index contributed by atoms with van der Waals surface area (Å²) in [5.41, 5.74) is -8.18. The van der Waals surface area contributed by atoms with Crippen LogP contribution in [0.15, 0.2) is 48.5 Å². The molecule has 1 atom stereocenters. The number of alkyl halides is 5. The predicted molar refractivity (Wildman–Crippen MR) is 145 cm³/mol. The molecule has 0 bridgehead atoms. The fourth-order valence-electron chi connectivity index (χ4n) is 4.94. The fourth-order valence-corrected chi connectivity index (χ4v) is 4.94. The maximum absolute atomic E-state index is 14.6. The van der Waals surface area contributed by atoms with E-state index in [1.807, 2.05) is 5.32 Å². The Morgan fingerprint density at radius 1 is 1.07 bits per heavy atom. The van der Waals surface area contributed by atoms with E-state index in [0.717, 1.165) is 30.3 Å². The molecule has 3 heterocycles. The van der Waals surface area contributed by atoms with Crippen molar-refractivity contribution in [3.63, 3.8) is 0 Å². The van der Waals surface area contributed by atoms with Crippen molar-refractivity contribution in [2.24, 2.45) is 0 Å². The number of hydrogen-bond donors (Lipinski definition) is 3. The lowest BCUT2D eigenvalue weighted by atomic mass is 9.82. The van der Waals surface area contributed by atoms with Gasteiger partial charge in [-0.1, -0.05) is 0 Å². The number of aliphatic hydroxyl groups is 2. The molecule has 0 spiro atoms. The molecule has 0 fully saturated rings. The average molecular weight is 640 g/mol. The van der Waals surface area contributed by atoms with Gasteiger partial charge in [-0.2, -0.15) is 13.2 Å². The summed E-state index contributed by atoms with van der Waals surface area (Å²) in [4.78, 5) is 21.0. The number of benzene rings is 2. The maximum Gasteiger partial charge on any atom is 0.424 e. The Bertz CT molecular complexity index is 1760. The molecule has 0 saturated carbocycles. The number of rotatable bonds is 9. The zero-order chi connectivity index (χ0) is 32.7. The van der Waals surface area contributed by atoms with E-state index in [-0.39, 0.29) is 50.5 Å². The van der Waals surface area contributed by atoms with Crippen LogP contribution in [0.4, 0.5) is 30.7 Å². The van der Waals surface area contributed by atoms with Crippen LogP contribution in [0.3, 0.4) is 0 Å². The first-order valence-corrected chi connectivity index (χ1v) is 13.2. The van der Waals surface area contributed by atoms with Crippen molar-refractivity contribution < 1.29 is 55.2 Å². The van der Waals surface area contributed by atoms with Crippen molar-refractivity contribution in [3.05, 3.63) is 82.7 Å². The second-order valence-electron chi connectivity index (χ2n) is 10.4. The van der Waals surface area contributed by atoms with Gasteiger partial charge in [0.25, 0.3) is 5.91 Å². The van der Waals surface area contributed by atoms with Crippen LogP contribution < -0.4 is 14.8 Å². The molecule has 15 heteroatoms. The van der Waals surface area contributed by atoms with Gasteiger partial charge in [0.1, 0.15) is 60.0 Å². The molecule has 8 nitrogen and oxygen atoms in total. The lowest BCUT2D eigenvalue weighted by Crippen LogP contribution is -2.51. The highest BCUT2D eigenvalue weighted by molar-refractivity contribution is 6.00. The molecule has 238 valence electrons. The van der Waals surface area contributed by atoms with E-state index in [4.69, 9.17) is 9.47 Å². The maximum atomic E-state index is 14.6. The third kappa shape index (κ3) is 5.50. The average Bonchev–Trinajstić information content (AvgIpc) is 3.41. The number of pyridine rings is 2. The van der Waals surface area contributed by atoms with E-state index in [2.05, 4.69) is 9.97 Å². The van der Waals surface area contributed by atoms with Crippen LogP contribution in [0.5, 0.6) is 11.5 Å². The number of halogens is 7. The zero-order valence-corrected chi connectivity index (χ0v) is 23.3. The minimum atomic E-state index is -5.50. The summed E-state index contributed by atoms with van der Waals surface area (Å²) in [6, 6.07) is 8.17. The number of amides is 1. The fraction of sp³-hybridized carbons (Fsp3) is 0.300. The summed E-state index contributed by atoms with van der Waals surface area (Å²) < 4.78 is 111. The molecule has 2 aromatic heterocycles. The lowest BCUT2D eigenvalue weighted by Gasteiger charge is -2.31. The van der Waals surface area contributed by atoms with E-state index in [1.165, 1.54) is 19.2 Å². The molecule has 0 aliphatic carbocycles. The third-order valence-electron chi connectivity index (χ3n) is 7.60. The first-order chi connectivity index (χ1) is 21.3. The highest BCUT2D eigenvalue weighted by Crippen LogP contribution is 2.48. The number of carbonyl (C=O) groups is 1. The van der Waals surface area contributed by atoms with Gasteiger partial charge in [-0.3, -0.25) is 4.79 Å². The first kappa shape index (κ1) is 31.9. The summed E-state index contributed by atoms with van der Waals surface area (Å²) in [6.45, 7) is -5.53. The lowest BCUT2D eigenvalue weighted by molar-refractivity contribution is -0.265. The van der Waals surface area contributed by atoms with Crippen molar-refractivity contribution >= 4 is 16.8 Å². The second kappa shape index (κ2) is 11.8. The molecule has 1 aliphatic rings. The van der Waals surface area contributed by atoms with Gasteiger partial charge in [-0.25, -0.2) is 27.5 Å². The van der Waals surface area contributed by atoms with Gasteiger partial charge in [0, 0.05) is 22.1 Å². The van der Waals surface area contributed by atoms with Crippen LogP contribution in [0.1, 0.15) is 27.3 Å². The quantitative estimate of drug-likeness (QED) is 0.225. The summed E-state index contributed by atoms with van der Waals surface area (Å²) in [5.74, 6) is -3.02. The summed E-state index contributed by atoms with van der Waals surface area (Å²) >= 11 is 0. The predicted octanol–water partition coefficient (Wildman–Crippen LogP) is 4.83. The smallest absolute Gasteiger partial charge is 0.424 e. The molecule has 5 rings (SSSR count).